The minimum Gasteiger partial charge on any atom is -0.490 e. The van der Waals surface area contributed by atoms with Gasteiger partial charge in [-0.1, -0.05) is 17.5 Å². The van der Waals surface area contributed by atoms with E-state index in [9.17, 15) is 14.9 Å². The van der Waals surface area contributed by atoms with E-state index >= 15 is 0 Å². The first-order chi connectivity index (χ1) is 15.4. The molecule has 0 aliphatic heterocycles. The summed E-state index contributed by atoms with van der Waals surface area (Å²) in [6.45, 7) is 4.13. The molecule has 0 aliphatic rings. The number of halogens is 1. The average Bonchev–Trinajstić information content (AvgIpc) is 2.77. The number of terminal acetylenes is 1. The van der Waals surface area contributed by atoms with Crippen LogP contribution in [0.4, 0.5) is 5.69 Å². The number of hydrogen-bond acceptors (Lipinski definition) is 6. The second-order valence-electron chi connectivity index (χ2n) is 6.18. The third-order valence-corrected chi connectivity index (χ3v) is 4.24. The number of amides is 1. The number of esters is 1. The quantitative estimate of drug-likeness (QED) is 0.261. The molecule has 2 rings (SSSR count). The fourth-order valence-electron chi connectivity index (χ4n) is 2.61. The van der Waals surface area contributed by atoms with Crippen molar-refractivity contribution in [1.29, 1.82) is 5.26 Å². The third kappa shape index (κ3) is 6.53. The van der Waals surface area contributed by atoms with E-state index in [1.807, 2.05) is 6.07 Å². The van der Waals surface area contributed by atoms with E-state index < -0.39 is 11.9 Å². The molecule has 0 heterocycles. The normalized spacial score (nSPS) is 10.5. The van der Waals surface area contributed by atoms with Crippen LogP contribution in [0.5, 0.6) is 11.5 Å². The number of nitrogens with zero attached hydrogens (tertiary/aromatic N) is 1. The Hall–Kier alpha value is -3.94. The van der Waals surface area contributed by atoms with Crippen molar-refractivity contribution >= 4 is 35.2 Å². The van der Waals surface area contributed by atoms with Crippen LogP contribution in [0.2, 0.25) is 5.02 Å². The van der Waals surface area contributed by atoms with Gasteiger partial charge in [0.1, 0.15) is 18.2 Å². The van der Waals surface area contributed by atoms with Crippen LogP contribution >= 0.6 is 11.6 Å². The predicted octanol–water partition coefficient (Wildman–Crippen LogP) is 4.47. The first-order valence-electron chi connectivity index (χ1n) is 9.66. The van der Waals surface area contributed by atoms with Crippen molar-refractivity contribution in [3.8, 4) is 29.9 Å². The molecule has 2 aromatic carbocycles. The van der Waals surface area contributed by atoms with Crippen molar-refractivity contribution in [3.05, 3.63) is 58.1 Å². The van der Waals surface area contributed by atoms with E-state index in [1.165, 1.54) is 24.3 Å². The predicted molar refractivity (Wildman–Crippen MR) is 122 cm³/mol. The van der Waals surface area contributed by atoms with Gasteiger partial charge in [0.25, 0.3) is 5.91 Å². The Labute approximate surface area is 191 Å². The average molecular weight is 453 g/mol. The van der Waals surface area contributed by atoms with Gasteiger partial charge in [0.05, 0.1) is 23.8 Å². The number of benzene rings is 2. The van der Waals surface area contributed by atoms with Gasteiger partial charge in [0, 0.05) is 5.69 Å². The maximum absolute atomic E-state index is 12.6. The van der Waals surface area contributed by atoms with Crippen molar-refractivity contribution in [2.24, 2.45) is 0 Å². The molecule has 0 aliphatic carbocycles. The van der Waals surface area contributed by atoms with Gasteiger partial charge in [-0.25, -0.2) is 4.79 Å². The summed E-state index contributed by atoms with van der Waals surface area (Å²) < 4.78 is 15.9. The summed E-state index contributed by atoms with van der Waals surface area (Å²) in [5.74, 6) is 1.89. The largest absolute Gasteiger partial charge is 0.490 e. The number of nitrogens with one attached hydrogen (secondary N) is 1. The lowest BCUT2D eigenvalue weighted by Crippen LogP contribution is -2.13. The highest BCUT2D eigenvalue weighted by Gasteiger charge is 2.15. The van der Waals surface area contributed by atoms with E-state index in [1.54, 1.807) is 32.0 Å². The van der Waals surface area contributed by atoms with Crippen LogP contribution in [0.1, 0.15) is 29.8 Å². The Balaban J connectivity index is 2.25. The Bertz CT molecular complexity index is 1100. The molecule has 0 radical (unpaired) electrons. The van der Waals surface area contributed by atoms with Crippen LogP contribution in [0.3, 0.4) is 0 Å². The van der Waals surface area contributed by atoms with E-state index in [0.29, 0.717) is 29.2 Å². The van der Waals surface area contributed by atoms with E-state index in [2.05, 4.69) is 11.2 Å². The molecule has 32 heavy (non-hydrogen) atoms. The monoisotopic (exact) mass is 452 g/mol. The highest BCUT2D eigenvalue weighted by molar-refractivity contribution is 6.32. The molecule has 7 nitrogen and oxygen atoms in total. The van der Waals surface area contributed by atoms with Crippen molar-refractivity contribution in [3.63, 3.8) is 0 Å². The van der Waals surface area contributed by atoms with Crippen molar-refractivity contribution < 1.29 is 23.8 Å². The Morgan fingerprint density at radius 1 is 1.16 bits per heavy atom. The van der Waals surface area contributed by atoms with E-state index in [4.69, 9.17) is 32.2 Å². The molecule has 0 fully saturated rings. The molecule has 2 aromatic rings. The van der Waals surface area contributed by atoms with Crippen LogP contribution in [0.25, 0.3) is 6.08 Å². The van der Waals surface area contributed by atoms with E-state index in [0.717, 1.165) is 0 Å². The fourth-order valence-corrected chi connectivity index (χ4v) is 2.88. The van der Waals surface area contributed by atoms with Crippen LogP contribution in [-0.4, -0.2) is 31.7 Å². The maximum Gasteiger partial charge on any atom is 0.338 e. The number of ether oxygens (including phenoxy) is 3. The first kappa shape index (κ1) is 24.3. The van der Waals surface area contributed by atoms with Gasteiger partial charge in [0.2, 0.25) is 0 Å². The van der Waals surface area contributed by atoms with Crippen molar-refractivity contribution in [2.75, 3.05) is 25.1 Å². The summed E-state index contributed by atoms with van der Waals surface area (Å²) in [5.41, 5.74) is 1.08. The molecule has 0 unspecified atom stereocenters. The molecule has 0 spiro atoms. The zero-order chi connectivity index (χ0) is 23.5. The van der Waals surface area contributed by atoms with Gasteiger partial charge in [-0.15, -0.1) is 6.42 Å². The maximum atomic E-state index is 12.6. The number of nitriles is 1. The van der Waals surface area contributed by atoms with E-state index in [-0.39, 0.29) is 29.6 Å². The summed E-state index contributed by atoms with van der Waals surface area (Å²) in [7, 11) is 0. The minimum absolute atomic E-state index is 0.00971. The van der Waals surface area contributed by atoms with Crippen LogP contribution < -0.4 is 14.8 Å². The topological polar surface area (TPSA) is 97.7 Å². The molecule has 0 aromatic heterocycles. The minimum atomic E-state index is -0.627. The Kier molecular flexibility index (Phi) is 9.16. The Morgan fingerprint density at radius 3 is 2.47 bits per heavy atom. The summed E-state index contributed by atoms with van der Waals surface area (Å²) in [6, 6.07) is 11.1. The molecular weight excluding hydrogens is 432 g/mol. The molecule has 8 heteroatoms. The standard InChI is InChI=1S/C24H21ClN2O5/c1-4-11-32-22-20(25)13-16(14-21(22)30-5-2)12-18(15-26)23(28)27-19-9-7-17(8-10-19)24(29)31-6-3/h1,7-10,12-14H,5-6,11H2,2-3H3,(H,27,28)/b18-12+. The van der Waals surface area contributed by atoms with Gasteiger partial charge < -0.3 is 19.5 Å². The van der Waals surface area contributed by atoms with Crippen molar-refractivity contribution in [2.45, 2.75) is 13.8 Å². The number of carbonyl (C=O) groups excluding carboxylic acids is 2. The molecule has 164 valence electrons. The lowest BCUT2D eigenvalue weighted by molar-refractivity contribution is -0.112. The third-order valence-electron chi connectivity index (χ3n) is 3.96. The SMILES string of the molecule is C#CCOc1c(Cl)cc(/C=C(\C#N)C(=O)Nc2ccc(C(=O)OCC)cc2)cc1OCC. The number of carbonyl (C=O) groups is 2. The van der Waals surface area contributed by atoms with Gasteiger partial charge in [-0.3, -0.25) is 4.79 Å². The lowest BCUT2D eigenvalue weighted by Gasteiger charge is -2.13. The van der Waals surface area contributed by atoms with Crippen LogP contribution in [0.15, 0.2) is 42.0 Å². The molecular formula is C24H21ClN2O5. The number of anilines is 1. The zero-order valence-corrected chi connectivity index (χ0v) is 18.4. The summed E-state index contributed by atoms with van der Waals surface area (Å²) >= 11 is 6.28. The second kappa shape index (κ2) is 12.0. The number of rotatable bonds is 9. The van der Waals surface area contributed by atoms with Gasteiger partial charge >= 0.3 is 5.97 Å². The highest BCUT2D eigenvalue weighted by atomic mass is 35.5. The van der Waals surface area contributed by atoms with Gasteiger partial charge in [-0.2, -0.15) is 5.26 Å². The first-order valence-corrected chi connectivity index (χ1v) is 10.0. The smallest absolute Gasteiger partial charge is 0.338 e. The summed E-state index contributed by atoms with van der Waals surface area (Å²) in [5, 5.41) is 12.3. The number of hydrogen-bond donors (Lipinski definition) is 1. The Morgan fingerprint density at radius 2 is 1.88 bits per heavy atom. The summed E-state index contributed by atoms with van der Waals surface area (Å²) in [6.07, 6.45) is 6.60. The fraction of sp³-hybridized carbons (Fsp3) is 0.208. The molecule has 0 saturated heterocycles. The van der Waals surface area contributed by atoms with Crippen LogP contribution in [-0.2, 0) is 9.53 Å². The lowest BCUT2D eigenvalue weighted by atomic mass is 10.1. The second-order valence-corrected chi connectivity index (χ2v) is 6.58. The van der Waals surface area contributed by atoms with Crippen LogP contribution in [0, 0.1) is 23.7 Å². The van der Waals surface area contributed by atoms with Crippen molar-refractivity contribution in [1.82, 2.24) is 0 Å². The highest BCUT2D eigenvalue weighted by Crippen LogP contribution is 2.37. The molecule has 0 bridgehead atoms. The molecule has 1 N–H and O–H groups in total. The zero-order valence-electron chi connectivity index (χ0n) is 17.6. The summed E-state index contributed by atoms with van der Waals surface area (Å²) in [4.78, 5) is 24.3. The van der Waals surface area contributed by atoms with Gasteiger partial charge in [0.15, 0.2) is 11.5 Å². The molecule has 0 saturated carbocycles. The van der Waals surface area contributed by atoms with Gasteiger partial charge in [-0.05, 0) is 61.9 Å². The molecule has 1 amide bonds. The molecule has 0 atom stereocenters.